The Labute approximate surface area is 153 Å². The first kappa shape index (κ1) is 22.3. The van der Waals surface area contributed by atoms with Crippen LogP contribution in [0, 0.1) is 5.92 Å². The van der Waals surface area contributed by atoms with Crippen LogP contribution >= 0.6 is 0 Å². The summed E-state index contributed by atoms with van der Waals surface area (Å²) in [5.41, 5.74) is -4.64. The van der Waals surface area contributed by atoms with Gasteiger partial charge in [0.25, 0.3) is 0 Å². The van der Waals surface area contributed by atoms with Crippen LogP contribution in [0.15, 0.2) is 30.4 Å². The second-order valence-electron chi connectivity index (χ2n) is 6.24. The third kappa shape index (κ3) is 7.27. The van der Waals surface area contributed by atoms with Crippen LogP contribution in [0.5, 0.6) is 11.5 Å². The molecule has 0 fully saturated rings. The van der Waals surface area contributed by atoms with Gasteiger partial charge in [-0.25, -0.2) is 0 Å². The van der Waals surface area contributed by atoms with Crippen LogP contribution in [0.4, 0.5) is 13.2 Å². The Morgan fingerprint density at radius 2 is 1.81 bits per heavy atom. The molecule has 0 aromatic heterocycles. The molecule has 0 radical (unpaired) electrons. The molecule has 0 saturated carbocycles. The van der Waals surface area contributed by atoms with E-state index in [1.165, 1.54) is 19.2 Å². The number of unbranched alkanes of at least 4 members (excludes halogenated alkanes) is 3. The molecule has 1 aromatic carbocycles. The fourth-order valence-electron chi connectivity index (χ4n) is 2.24. The summed E-state index contributed by atoms with van der Waals surface area (Å²) >= 11 is 0. The van der Waals surface area contributed by atoms with E-state index in [1.807, 2.05) is 0 Å². The number of alkyl halides is 3. The van der Waals surface area contributed by atoms with E-state index in [9.17, 15) is 21.6 Å². The van der Waals surface area contributed by atoms with Crippen molar-refractivity contribution in [2.24, 2.45) is 5.92 Å². The molecule has 0 aliphatic carbocycles. The molecule has 1 aromatic rings. The summed E-state index contributed by atoms with van der Waals surface area (Å²) in [5.74, 6) is 0.0203. The number of rotatable bonds is 10. The number of allylic oxidation sites excluding steroid dienone is 2. The number of halogens is 3. The average Bonchev–Trinajstić information content (AvgIpc) is 2.53. The van der Waals surface area contributed by atoms with Crippen molar-refractivity contribution < 1.29 is 30.5 Å². The van der Waals surface area contributed by atoms with Crippen LogP contribution < -0.4 is 8.92 Å². The van der Waals surface area contributed by atoms with Crippen LogP contribution in [0.25, 0.3) is 0 Å². The standard InChI is InChI=1S/C18H25F3O4S/c1-14(2)9-7-5-4-6-8-10-15-11-12-16(17(13-15)24-3)25-26(22,23)18(19,20)21/h7,9,11-14H,4-6,8,10H2,1-3H3/b9-7+. The largest absolute Gasteiger partial charge is 0.534 e. The van der Waals surface area contributed by atoms with Gasteiger partial charge in [0.1, 0.15) is 0 Å². The van der Waals surface area contributed by atoms with Crippen LogP contribution in [0.3, 0.4) is 0 Å². The van der Waals surface area contributed by atoms with Crippen molar-refractivity contribution in [2.75, 3.05) is 7.11 Å². The Hall–Kier alpha value is -1.70. The first-order valence-corrected chi connectivity index (χ1v) is 9.82. The van der Waals surface area contributed by atoms with Crippen LogP contribution in [0.1, 0.15) is 45.1 Å². The Kier molecular flexibility index (Phi) is 8.46. The Morgan fingerprint density at radius 1 is 1.12 bits per heavy atom. The van der Waals surface area contributed by atoms with Gasteiger partial charge in [-0.2, -0.15) is 21.6 Å². The zero-order chi connectivity index (χ0) is 19.8. The minimum Gasteiger partial charge on any atom is -0.493 e. The average molecular weight is 394 g/mol. The van der Waals surface area contributed by atoms with E-state index in [0.29, 0.717) is 5.92 Å². The molecule has 26 heavy (non-hydrogen) atoms. The predicted octanol–water partition coefficient (Wildman–Crippen LogP) is 5.24. The molecule has 148 valence electrons. The van der Waals surface area contributed by atoms with Crippen molar-refractivity contribution in [3.8, 4) is 11.5 Å². The molecule has 4 nitrogen and oxygen atoms in total. The Bertz CT molecular complexity index is 695. The molecule has 0 aliphatic heterocycles. The molecule has 0 aliphatic rings. The Balaban J connectivity index is 2.61. The number of benzene rings is 1. The van der Waals surface area contributed by atoms with Gasteiger partial charge in [-0.1, -0.05) is 38.5 Å². The number of methoxy groups -OCH3 is 1. The summed E-state index contributed by atoms with van der Waals surface area (Å²) in [5, 5.41) is 0. The zero-order valence-corrected chi connectivity index (χ0v) is 16.0. The zero-order valence-electron chi connectivity index (χ0n) is 15.2. The lowest BCUT2D eigenvalue weighted by Crippen LogP contribution is -2.28. The van der Waals surface area contributed by atoms with Crippen LogP contribution in [-0.4, -0.2) is 21.0 Å². The molecule has 0 atom stereocenters. The molecule has 0 unspecified atom stereocenters. The highest BCUT2D eigenvalue weighted by molar-refractivity contribution is 7.88. The van der Waals surface area contributed by atoms with E-state index in [-0.39, 0.29) is 5.75 Å². The maximum absolute atomic E-state index is 12.4. The van der Waals surface area contributed by atoms with E-state index in [2.05, 4.69) is 30.2 Å². The van der Waals surface area contributed by atoms with Gasteiger partial charge in [0.2, 0.25) is 0 Å². The van der Waals surface area contributed by atoms with Crippen LogP contribution in [0.2, 0.25) is 0 Å². The van der Waals surface area contributed by atoms with Crippen LogP contribution in [-0.2, 0) is 16.5 Å². The van der Waals surface area contributed by atoms with E-state index < -0.39 is 21.4 Å². The predicted molar refractivity (Wildman–Crippen MR) is 94.7 cm³/mol. The summed E-state index contributed by atoms with van der Waals surface area (Å²) < 4.78 is 68.6. The summed E-state index contributed by atoms with van der Waals surface area (Å²) in [6.45, 7) is 4.24. The molecule has 0 spiro atoms. The molecule has 0 N–H and O–H groups in total. The fraction of sp³-hybridized carbons (Fsp3) is 0.556. The summed E-state index contributed by atoms with van der Waals surface area (Å²) in [6.07, 6.45) is 9.07. The SMILES string of the molecule is COc1cc(CCCCC/C=C/C(C)C)ccc1OS(=O)(=O)C(F)(F)F. The minimum atomic E-state index is -5.72. The van der Waals surface area contributed by atoms with Gasteiger partial charge >= 0.3 is 15.6 Å². The highest BCUT2D eigenvalue weighted by atomic mass is 32.2. The van der Waals surface area contributed by atoms with Gasteiger partial charge in [0.05, 0.1) is 7.11 Å². The maximum Gasteiger partial charge on any atom is 0.534 e. The first-order valence-electron chi connectivity index (χ1n) is 8.41. The Morgan fingerprint density at radius 3 is 2.38 bits per heavy atom. The number of aryl methyl sites for hydroxylation is 1. The van der Waals surface area contributed by atoms with Crippen molar-refractivity contribution in [3.63, 3.8) is 0 Å². The number of hydrogen-bond acceptors (Lipinski definition) is 4. The second kappa shape index (κ2) is 9.85. The van der Waals surface area contributed by atoms with E-state index in [4.69, 9.17) is 4.74 Å². The van der Waals surface area contributed by atoms with Crippen molar-refractivity contribution in [1.82, 2.24) is 0 Å². The van der Waals surface area contributed by atoms with Gasteiger partial charge < -0.3 is 8.92 Å². The van der Waals surface area contributed by atoms with Gasteiger partial charge in [0.15, 0.2) is 11.5 Å². The monoisotopic (exact) mass is 394 g/mol. The van der Waals surface area contributed by atoms with E-state index in [0.717, 1.165) is 37.7 Å². The number of ether oxygens (including phenoxy) is 1. The second-order valence-corrected chi connectivity index (χ2v) is 7.78. The molecule has 0 amide bonds. The summed E-state index contributed by atoms with van der Waals surface area (Å²) in [6, 6.07) is 4.23. The molecule has 0 bridgehead atoms. The molecular weight excluding hydrogens is 369 g/mol. The lowest BCUT2D eigenvalue weighted by Gasteiger charge is -2.13. The first-order chi connectivity index (χ1) is 12.1. The topological polar surface area (TPSA) is 52.6 Å². The van der Waals surface area contributed by atoms with Crippen molar-refractivity contribution in [1.29, 1.82) is 0 Å². The molecule has 1 rings (SSSR count). The maximum atomic E-state index is 12.4. The third-order valence-corrected chi connectivity index (χ3v) is 4.53. The summed E-state index contributed by atoms with van der Waals surface area (Å²) in [4.78, 5) is 0. The van der Waals surface area contributed by atoms with E-state index in [1.54, 1.807) is 6.07 Å². The fourth-order valence-corrected chi connectivity index (χ4v) is 2.71. The van der Waals surface area contributed by atoms with Gasteiger partial charge in [-0.05, 0) is 49.3 Å². The highest BCUT2D eigenvalue weighted by Gasteiger charge is 2.48. The third-order valence-electron chi connectivity index (χ3n) is 3.57. The van der Waals surface area contributed by atoms with Gasteiger partial charge in [0, 0.05) is 0 Å². The van der Waals surface area contributed by atoms with E-state index >= 15 is 0 Å². The van der Waals surface area contributed by atoms with Crippen molar-refractivity contribution in [2.45, 2.75) is 51.5 Å². The number of hydrogen-bond donors (Lipinski definition) is 0. The normalized spacial score (nSPS) is 12.7. The molecule has 0 heterocycles. The van der Waals surface area contributed by atoms with Crippen molar-refractivity contribution >= 4 is 10.1 Å². The quantitative estimate of drug-likeness (QED) is 0.236. The van der Waals surface area contributed by atoms with Gasteiger partial charge in [-0.3, -0.25) is 0 Å². The lowest BCUT2D eigenvalue weighted by molar-refractivity contribution is -0.0500. The lowest BCUT2D eigenvalue weighted by atomic mass is 10.1. The minimum absolute atomic E-state index is 0.0461. The summed E-state index contributed by atoms with van der Waals surface area (Å²) in [7, 11) is -4.48. The molecule has 0 saturated heterocycles. The smallest absolute Gasteiger partial charge is 0.493 e. The highest BCUT2D eigenvalue weighted by Crippen LogP contribution is 2.33. The van der Waals surface area contributed by atoms with Gasteiger partial charge in [-0.15, -0.1) is 0 Å². The molecular formula is C18H25F3O4S. The molecule has 8 heteroatoms. The van der Waals surface area contributed by atoms with Crippen molar-refractivity contribution in [3.05, 3.63) is 35.9 Å².